The molecule has 0 aliphatic rings. The Morgan fingerprint density at radius 2 is 2.24 bits per heavy atom. The fourth-order valence-corrected chi connectivity index (χ4v) is 2.47. The number of halogens is 1. The largest absolute Gasteiger partial charge is 0.494 e. The maximum Gasteiger partial charge on any atom is 0.165 e. The highest BCUT2D eigenvalue weighted by Crippen LogP contribution is 2.28. The van der Waals surface area contributed by atoms with E-state index in [2.05, 4.69) is 5.43 Å². The first-order chi connectivity index (χ1) is 8.26. The third-order valence-corrected chi connectivity index (χ3v) is 3.44. The molecule has 1 unspecified atom stereocenters. The lowest BCUT2D eigenvalue weighted by atomic mass is 10.1. The topological polar surface area (TPSA) is 47.3 Å². The van der Waals surface area contributed by atoms with E-state index in [9.17, 15) is 4.39 Å². The summed E-state index contributed by atoms with van der Waals surface area (Å²) >= 11 is 1.59. The van der Waals surface area contributed by atoms with Crippen molar-refractivity contribution in [2.75, 3.05) is 7.11 Å². The van der Waals surface area contributed by atoms with E-state index in [0.29, 0.717) is 0 Å². The Kier molecular flexibility index (Phi) is 3.73. The maximum absolute atomic E-state index is 13.3. The molecule has 0 bridgehead atoms. The minimum Gasteiger partial charge on any atom is -0.494 e. The number of hydrazine groups is 1. The van der Waals surface area contributed by atoms with Gasteiger partial charge in [0.25, 0.3) is 0 Å². The van der Waals surface area contributed by atoms with Gasteiger partial charge in [0.05, 0.1) is 13.2 Å². The molecule has 0 amide bonds. The van der Waals surface area contributed by atoms with Crippen molar-refractivity contribution in [3.8, 4) is 5.75 Å². The van der Waals surface area contributed by atoms with Crippen LogP contribution in [-0.2, 0) is 0 Å². The molecule has 0 radical (unpaired) electrons. The van der Waals surface area contributed by atoms with Gasteiger partial charge in [0.1, 0.15) is 0 Å². The summed E-state index contributed by atoms with van der Waals surface area (Å²) < 4.78 is 18.3. The fourth-order valence-electron chi connectivity index (χ4n) is 1.65. The first-order valence-corrected chi connectivity index (χ1v) is 5.97. The highest BCUT2D eigenvalue weighted by molar-refractivity contribution is 7.10. The molecule has 0 saturated carbocycles. The first-order valence-electron chi connectivity index (χ1n) is 5.09. The van der Waals surface area contributed by atoms with Gasteiger partial charge in [-0.25, -0.2) is 9.82 Å². The normalized spacial score (nSPS) is 12.4. The molecule has 3 nitrogen and oxygen atoms in total. The number of hydrogen-bond acceptors (Lipinski definition) is 4. The van der Waals surface area contributed by atoms with Crippen LogP contribution >= 0.6 is 11.3 Å². The van der Waals surface area contributed by atoms with E-state index in [4.69, 9.17) is 10.6 Å². The number of thiophene rings is 1. The van der Waals surface area contributed by atoms with Gasteiger partial charge in [-0.15, -0.1) is 11.3 Å². The zero-order chi connectivity index (χ0) is 12.3. The third kappa shape index (κ3) is 2.46. The molecule has 90 valence electrons. The van der Waals surface area contributed by atoms with Gasteiger partial charge in [-0.1, -0.05) is 12.1 Å². The Balaban J connectivity index is 2.38. The number of ether oxygens (including phenoxy) is 1. The smallest absolute Gasteiger partial charge is 0.165 e. The van der Waals surface area contributed by atoms with Crippen LogP contribution in [0, 0.1) is 5.82 Å². The third-order valence-electron chi connectivity index (χ3n) is 2.50. The molecule has 1 aromatic heterocycles. The monoisotopic (exact) mass is 252 g/mol. The number of nitrogens with two attached hydrogens (primary N) is 1. The van der Waals surface area contributed by atoms with E-state index >= 15 is 0 Å². The van der Waals surface area contributed by atoms with Gasteiger partial charge in [0.15, 0.2) is 11.6 Å². The number of hydrogen-bond donors (Lipinski definition) is 2. The predicted octanol–water partition coefficient (Wildman–Crippen LogP) is 2.45. The van der Waals surface area contributed by atoms with Crippen LogP contribution in [0.25, 0.3) is 0 Å². The van der Waals surface area contributed by atoms with Crippen LogP contribution in [0.3, 0.4) is 0 Å². The van der Waals surface area contributed by atoms with Crippen LogP contribution in [-0.4, -0.2) is 7.11 Å². The molecular formula is C12H13FN2OS. The predicted molar refractivity (Wildman–Crippen MR) is 66.4 cm³/mol. The van der Waals surface area contributed by atoms with Gasteiger partial charge in [-0.3, -0.25) is 5.84 Å². The van der Waals surface area contributed by atoms with Gasteiger partial charge >= 0.3 is 0 Å². The molecule has 2 rings (SSSR count). The van der Waals surface area contributed by atoms with Crippen LogP contribution < -0.4 is 16.0 Å². The van der Waals surface area contributed by atoms with Crippen LogP contribution in [0.4, 0.5) is 4.39 Å². The molecular weight excluding hydrogens is 239 g/mol. The van der Waals surface area contributed by atoms with E-state index in [-0.39, 0.29) is 17.6 Å². The molecule has 0 aliphatic heterocycles. The first kappa shape index (κ1) is 12.0. The van der Waals surface area contributed by atoms with Gasteiger partial charge in [0, 0.05) is 4.88 Å². The van der Waals surface area contributed by atoms with Gasteiger partial charge in [-0.05, 0) is 29.1 Å². The Hall–Kier alpha value is -1.43. The van der Waals surface area contributed by atoms with Crippen molar-refractivity contribution in [1.29, 1.82) is 0 Å². The lowest BCUT2D eigenvalue weighted by Gasteiger charge is -2.15. The summed E-state index contributed by atoms with van der Waals surface area (Å²) in [4.78, 5) is 1.07. The van der Waals surface area contributed by atoms with Gasteiger partial charge < -0.3 is 4.74 Å². The summed E-state index contributed by atoms with van der Waals surface area (Å²) in [6.07, 6.45) is 0. The molecule has 0 aliphatic carbocycles. The van der Waals surface area contributed by atoms with Crippen molar-refractivity contribution in [3.63, 3.8) is 0 Å². The summed E-state index contributed by atoms with van der Waals surface area (Å²) in [5, 5.41) is 1.97. The van der Waals surface area contributed by atoms with E-state index in [0.717, 1.165) is 10.4 Å². The van der Waals surface area contributed by atoms with Crippen molar-refractivity contribution in [1.82, 2.24) is 5.43 Å². The highest BCUT2D eigenvalue weighted by Gasteiger charge is 2.15. The minimum absolute atomic E-state index is 0.149. The number of methoxy groups -OCH3 is 1. The quantitative estimate of drug-likeness (QED) is 0.649. The summed E-state index contributed by atoms with van der Waals surface area (Å²) in [6, 6.07) is 8.51. The molecule has 0 saturated heterocycles. The Morgan fingerprint density at radius 1 is 1.41 bits per heavy atom. The van der Waals surface area contributed by atoms with Crippen molar-refractivity contribution in [2.45, 2.75) is 6.04 Å². The lowest BCUT2D eigenvalue weighted by molar-refractivity contribution is 0.385. The van der Waals surface area contributed by atoms with Crippen LogP contribution in [0.1, 0.15) is 16.5 Å². The molecule has 3 N–H and O–H groups in total. The van der Waals surface area contributed by atoms with Crippen LogP contribution in [0.5, 0.6) is 5.75 Å². The molecule has 1 aromatic carbocycles. The van der Waals surface area contributed by atoms with Crippen LogP contribution in [0.15, 0.2) is 35.7 Å². The number of nitrogens with one attached hydrogen (secondary N) is 1. The molecule has 5 heteroatoms. The van der Waals surface area contributed by atoms with Crippen molar-refractivity contribution in [3.05, 3.63) is 52.0 Å². The molecule has 0 fully saturated rings. The average molecular weight is 252 g/mol. The molecule has 2 aromatic rings. The maximum atomic E-state index is 13.3. The second-order valence-electron chi connectivity index (χ2n) is 3.51. The molecule has 17 heavy (non-hydrogen) atoms. The number of rotatable bonds is 4. The Morgan fingerprint density at radius 3 is 2.82 bits per heavy atom. The zero-order valence-corrected chi connectivity index (χ0v) is 10.1. The number of benzene rings is 1. The van der Waals surface area contributed by atoms with Crippen molar-refractivity contribution >= 4 is 11.3 Å². The highest BCUT2D eigenvalue weighted by atomic mass is 32.1. The summed E-state index contributed by atoms with van der Waals surface area (Å²) in [5.41, 5.74) is 3.59. The van der Waals surface area contributed by atoms with E-state index in [1.807, 2.05) is 17.5 Å². The van der Waals surface area contributed by atoms with E-state index < -0.39 is 0 Å². The van der Waals surface area contributed by atoms with Gasteiger partial charge in [0.2, 0.25) is 0 Å². The SMILES string of the molecule is COc1cc(C(NN)c2cccs2)ccc1F. The van der Waals surface area contributed by atoms with Crippen molar-refractivity contribution < 1.29 is 9.13 Å². The summed E-state index contributed by atoms with van der Waals surface area (Å²) in [5.74, 6) is 5.39. The van der Waals surface area contributed by atoms with Gasteiger partial charge in [-0.2, -0.15) is 0 Å². The molecule has 0 spiro atoms. The van der Waals surface area contributed by atoms with Crippen LogP contribution in [0.2, 0.25) is 0 Å². The summed E-state index contributed by atoms with van der Waals surface area (Å²) in [6.45, 7) is 0. The minimum atomic E-state index is -0.377. The summed E-state index contributed by atoms with van der Waals surface area (Å²) in [7, 11) is 1.44. The second-order valence-corrected chi connectivity index (χ2v) is 4.49. The van der Waals surface area contributed by atoms with E-state index in [1.54, 1.807) is 23.5 Å². The molecule has 1 heterocycles. The Labute approximate surface area is 103 Å². The van der Waals surface area contributed by atoms with Crippen molar-refractivity contribution in [2.24, 2.45) is 5.84 Å². The average Bonchev–Trinajstić information content (AvgIpc) is 2.86. The Bertz CT molecular complexity index is 487. The second kappa shape index (κ2) is 5.27. The van der Waals surface area contributed by atoms with E-state index in [1.165, 1.54) is 13.2 Å². The zero-order valence-electron chi connectivity index (χ0n) is 9.31. The fraction of sp³-hybridized carbons (Fsp3) is 0.167. The molecule has 1 atom stereocenters. The standard InChI is InChI=1S/C12H13FN2OS/c1-16-10-7-8(4-5-9(10)13)12(15-14)11-3-2-6-17-11/h2-7,12,15H,14H2,1H3. The lowest BCUT2D eigenvalue weighted by Crippen LogP contribution is -2.28.